The molecule has 1 aromatic rings. The van der Waals surface area contributed by atoms with Crippen LogP contribution in [0.25, 0.3) is 0 Å². The zero-order valence-corrected chi connectivity index (χ0v) is 23.5. The molecule has 7 nitrogen and oxygen atoms in total. The first-order valence-corrected chi connectivity index (χ1v) is 13.6. The summed E-state index contributed by atoms with van der Waals surface area (Å²) in [4.78, 5) is 42.6. The minimum absolute atomic E-state index is 0.00221. The van der Waals surface area contributed by atoms with Gasteiger partial charge in [-0.1, -0.05) is 57.9 Å². The van der Waals surface area contributed by atoms with Gasteiger partial charge in [0.1, 0.15) is 17.7 Å². The van der Waals surface area contributed by atoms with Crippen molar-refractivity contribution in [1.29, 1.82) is 0 Å². The summed E-state index contributed by atoms with van der Waals surface area (Å²) in [5.41, 5.74) is 1.09. The number of alkyl carbamates (subject to hydrolysis) is 1. The lowest BCUT2D eigenvalue weighted by molar-refractivity contribution is -0.148. The number of hydrogen-bond donors (Lipinski definition) is 2. The van der Waals surface area contributed by atoms with Crippen LogP contribution in [-0.2, 0) is 14.3 Å². The number of amides is 3. The Balaban J connectivity index is 2.51. The lowest BCUT2D eigenvalue weighted by Gasteiger charge is -2.44. The second-order valence-electron chi connectivity index (χ2n) is 11.3. The van der Waals surface area contributed by atoms with E-state index in [0.717, 1.165) is 43.2 Å². The zero-order chi connectivity index (χ0) is 27.0. The molecule has 1 aromatic carbocycles. The summed E-state index contributed by atoms with van der Waals surface area (Å²) in [7, 11) is 0. The zero-order valence-electron chi connectivity index (χ0n) is 23.5. The van der Waals surface area contributed by atoms with Crippen molar-refractivity contribution >= 4 is 17.9 Å². The van der Waals surface area contributed by atoms with Crippen LogP contribution in [0, 0.1) is 12.8 Å². The monoisotopic (exact) mass is 501 g/mol. The Labute approximate surface area is 217 Å². The second-order valence-corrected chi connectivity index (χ2v) is 11.3. The Morgan fingerprint density at radius 3 is 2.22 bits per heavy atom. The van der Waals surface area contributed by atoms with Crippen LogP contribution >= 0.6 is 0 Å². The highest BCUT2D eigenvalue weighted by Crippen LogP contribution is 2.35. The Morgan fingerprint density at radius 2 is 1.72 bits per heavy atom. The summed E-state index contributed by atoms with van der Waals surface area (Å²) in [6, 6.07) is 6.14. The molecular formula is C29H47N3O4. The number of benzene rings is 1. The SMILES string of the molecule is CCCC(C)NC(=O)C(c1ccccc1C)N(C(=O)C(NC(=O)OC(C)(C)C)C(C)CC)C1CCC1. The summed E-state index contributed by atoms with van der Waals surface area (Å²) in [5, 5.41) is 6.00. The molecule has 0 bridgehead atoms. The fourth-order valence-corrected chi connectivity index (χ4v) is 4.60. The van der Waals surface area contributed by atoms with E-state index in [0.29, 0.717) is 6.42 Å². The van der Waals surface area contributed by atoms with Crippen LogP contribution in [0.3, 0.4) is 0 Å². The molecule has 2 N–H and O–H groups in total. The molecule has 2 rings (SSSR count). The van der Waals surface area contributed by atoms with Gasteiger partial charge in [0.2, 0.25) is 11.8 Å². The maximum Gasteiger partial charge on any atom is 0.408 e. The van der Waals surface area contributed by atoms with Crippen LogP contribution < -0.4 is 10.6 Å². The van der Waals surface area contributed by atoms with Gasteiger partial charge < -0.3 is 20.3 Å². The molecular weight excluding hydrogens is 454 g/mol. The van der Waals surface area contributed by atoms with E-state index in [9.17, 15) is 14.4 Å². The van der Waals surface area contributed by atoms with Crippen molar-refractivity contribution in [3.8, 4) is 0 Å². The lowest BCUT2D eigenvalue weighted by Crippen LogP contribution is -2.59. The molecule has 3 amide bonds. The highest BCUT2D eigenvalue weighted by atomic mass is 16.6. The molecule has 202 valence electrons. The van der Waals surface area contributed by atoms with Crippen molar-refractivity contribution in [3.63, 3.8) is 0 Å². The first kappa shape index (κ1) is 29.7. The van der Waals surface area contributed by atoms with E-state index in [2.05, 4.69) is 17.6 Å². The summed E-state index contributed by atoms with van der Waals surface area (Å²) in [6.07, 6.45) is 4.58. The molecule has 4 atom stereocenters. The third-order valence-corrected chi connectivity index (χ3v) is 6.99. The van der Waals surface area contributed by atoms with Gasteiger partial charge >= 0.3 is 6.09 Å². The molecule has 0 aromatic heterocycles. The number of ether oxygens (including phenoxy) is 1. The van der Waals surface area contributed by atoms with Crippen LogP contribution in [-0.4, -0.2) is 46.5 Å². The van der Waals surface area contributed by atoms with Gasteiger partial charge in [0, 0.05) is 12.1 Å². The van der Waals surface area contributed by atoms with E-state index in [4.69, 9.17) is 4.74 Å². The molecule has 1 aliphatic rings. The lowest BCUT2D eigenvalue weighted by atomic mass is 9.86. The number of rotatable bonds is 11. The summed E-state index contributed by atoms with van der Waals surface area (Å²) in [5.74, 6) is -0.538. The number of nitrogens with zero attached hydrogens (tertiary/aromatic N) is 1. The fraction of sp³-hybridized carbons (Fsp3) is 0.690. The van der Waals surface area contributed by atoms with Crippen molar-refractivity contribution in [2.45, 2.75) is 124 Å². The molecule has 0 heterocycles. The third kappa shape index (κ3) is 7.97. The van der Waals surface area contributed by atoms with Crippen molar-refractivity contribution in [2.24, 2.45) is 5.92 Å². The molecule has 1 aliphatic carbocycles. The van der Waals surface area contributed by atoms with Crippen molar-refractivity contribution < 1.29 is 19.1 Å². The van der Waals surface area contributed by atoms with Gasteiger partial charge in [-0.25, -0.2) is 4.79 Å². The van der Waals surface area contributed by atoms with Crippen molar-refractivity contribution in [2.75, 3.05) is 0 Å². The standard InChI is InChI=1S/C29H47N3O4/c1-9-14-21(5)30-26(33)25(23-18-12-11-15-20(23)4)32(22-16-13-17-22)27(34)24(19(3)10-2)31-28(35)36-29(6,7)8/h11-12,15,18-19,21-22,24-25H,9-10,13-14,16-17H2,1-8H3,(H,30,33)(H,31,35). The molecule has 7 heteroatoms. The quantitative estimate of drug-likeness (QED) is 0.409. The topological polar surface area (TPSA) is 87.7 Å². The number of carbonyl (C=O) groups is 3. The molecule has 1 saturated carbocycles. The molecule has 0 spiro atoms. The van der Waals surface area contributed by atoms with Crippen LogP contribution in [0.15, 0.2) is 24.3 Å². The van der Waals surface area contributed by atoms with E-state index in [-0.39, 0.29) is 29.8 Å². The summed E-state index contributed by atoms with van der Waals surface area (Å²) in [6.45, 7) is 15.4. The largest absolute Gasteiger partial charge is 0.444 e. The number of nitrogens with one attached hydrogen (secondary N) is 2. The second kappa shape index (κ2) is 13.1. The molecule has 0 radical (unpaired) electrons. The number of aryl methyl sites for hydroxylation is 1. The average molecular weight is 502 g/mol. The minimum Gasteiger partial charge on any atom is -0.444 e. The summed E-state index contributed by atoms with van der Waals surface area (Å²) >= 11 is 0. The normalized spacial score (nSPS) is 17.2. The smallest absolute Gasteiger partial charge is 0.408 e. The minimum atomic E-state index is -0.794. The Kier molecular flexibility index (Phi) is 10.8. The van der Waals surface area contributed by atoms with Gasteiger partial charge in [0.15, 0.2) is 0 Å². The van der Waals surface area contributed by atoms with Crippen molar-refractivity contribution in [1.82, 2.24) is 15.5 Å². The maximum atomic E-state index is 14.3. The molecule has 36 heavy (non-hydrogen) atoms. The van der Waals surface area contributed by atoms with E-state index in [1.807, 2.05) is 52.0 Å². The van der Waals surface area contributed by atoms with Gasteiger partial charge in [-0.2, -0.15) is 0 Å². The van der Waals surface area contributed by atoms with Gasteiger partial charge in [0.05, 0.1) is 0 Å². The Hall–Kier alpha value is -2.57. The molecule has 0 aliphatic heterocycles. The van der Waals surface area contributed by atoms with Crippen molar-refractivity contribution in [3.05, 3.63) is 35.4 Å². The van der Waals surface area contributed by atoms with Gasteiger partial charge in [-0.15, -0.1) is 0 Å². The average Bonchev–Trinajstić information content (AvgIpc) is 2.75. The molecule has 4 unspecified atom stereocenters. The Morgan fingerprint density at radius 1 is 1.08 bits per heavy atom. The van der Waals surface area contributed by atoms with E-state index in [1.165, 1.54) is 0 Å². The molecule has 0 saturated heterocycles. The van der Waals surface area contributed by atoms with Crippen LogP contribution in [0.1, 0.15) is 104 Å². The van der Waals surface area contributed by atoms with Gasteiger partial charge in [-0.05, 0) is 77.3 Å². The van der Waals surface area contributed by atoms with Crippen LogP contribution in [0.2, 0.25) is 0 Å². The number of hydrogen-bond acceptors (Lipinski definition) is 4. The maximum absolute atomic E-state index is 14.3. The third-order valence-electron chi connectivity index (χ3n) is 6.99. The molecule has 1 fully saturated rings. The predicted octanol–water partition coefficient (Wildman–Crippen LogP) is 5.66. The van der Waals surface area contributed by atoms with Crippen LogP contribution in [0.4, 0.5) is 4.79 Å². The van der Waals surface area contributed by atoms with Gasteiger partial charge in [-0.3, -0.25) is 9.59 Å². The highest BCUT2D eigenvalue weighted by molar-refractivity contribution is 5.93. The predicted molar refractivity (Wildman–Crippen MR) is 144 cm³/mol. The summed E-state index contributed by atoms with van der Waals surface area (Å²) < 4.78 is 5.48. The van der Waals surface area contributed by atoms with Gasteiger partial charge in [0.25, 0.3) is 0 Å². The fourth-order valence-electron chi connectivity index (χ4n) is 4.60. The van der Waals surface area contributed by atoms with E-state index >= 15 is 0 Å². The van der Waals surface area contributed by atoms with Crippen LogP contribution in [0.5, 0.6) is 0 Å². The van der Waals surface area contributed by atoms with E-state index < -0.39 is 23.8 Å². The number of carbonyl (C=O) groups excluding carboxylic acids is 3. The van der Waals surface area contributed by atoms with E-state index in [1.54, 1.807) is 25.7 Å². The highest BCUT2D eigenvalue weighted by Gasteiger charge is 2.43. The first-order chi connectivity index (χ1) is 16.9. The first-order valence-electron chi connectivity index (χ1n) is 13.6. The Bertz CT molecular complexity index is 891.